The van der Waals surface area contributed by atoms with Crippen molar-refractivity contribution in [1.82, 2.24) is 34.8 Å². The highest BCUT2D eigenvalue weighted by Gasteiger charge is 2.25. The molecule has 1 saturated heterocycles. The van der Waals surface area contributed by atoms with Gasteiger partial charge in [0, 0.05) is 37.3 Å². The molecule has 11 heteroatoms. The summed E-state index contributed by atoms with van der Waals surface area (Å²) in [6.45, 7) is 5.30. The monoisotopic (exact) mass is 542 g/mol. The van der Waals surface area contributed by atoms with Gasteiger partial charge in [0.25, 0.3) is 0 Å². The Morgan fingerprint density at radius 2 is 2.23 bits per heavy atom. The molecule has 1 N–H and O–H groups in total. The van der Waals surface area contributed by atoms with E-state index >= 15 is 0 Å². The van der Waals surface area contributed by atoms with E-state index in [9.17, 15) is 0 Å². The summed E-state index contributed by atoms with van der Waals surface area (Å²) in [7, 11) is 3.88. The zero-order valence-corrected chi connectivity index (χ0v) is 20.5. The summed E-state index contributed by atoms with van der Waals surface area (Å²) in [6, 6.07) is 4.19. The molecule has 3 aromatic rings. The Labute approximate surface area is 197 Å². The Morgan fingerprint density at radius 3 is 2.90 bits per heavy atom. The van der Waals surface area contributed by atoms with E-state index in [4.69, 9.17) is 9.73 Å². The van der Waals surface area contributed by atoms with E-state index in [1.54, 1.807) is 16.0 Å². The molecule has 1 aliphatic rings. The van der Waals surface area contributed by atoms with Crippen LogP contribution in [0.3, 0.4) is 0 Å². The SMILES string of the molecule is Cc1nnc(CN=C(NCc2cccs2)N2CCOC(c3cnn(C)c3)C2)n1C.I. The number of guanidine groups is 1. The van der Waals surface area contributed by atoms with Crippen molar-refractivity contribution < 1.29 is 4.74 Å². The molecule has 162 valence electrons. The zero-order valence-electron chi connectivity index (χ0n) is 17.4. The summed E-state index contributed by atoms with van der Waals surface area (Å²) in [6.07, 6.45) is 3.85. The van der Waals surface area contributed by atoms with Gasteiger partial charge < -0.3 is 19.5 Å². The van der Waals surface area contributed by atoms with Gasteiger partial charge in [0.05, 0.1) is 25.9 Å². The van der Waals surface area contributed by atoms with Crippen LogP contribution in [-0.4, -0.2) is 55.1 Å². The van der Waals surface area contributed by atoms with Gasteiger partial charge in [-0.05, 0) is 18.4 Å². The summed E-state index contributed by atoms with van der Waals surface area (Å²) in [5, 5.41) is 18.2. The normalized spacial score (nSPS) is 17.1. The van der Waals surface area contributed by atoms with Crippen LogP contribution in [0.15, 0.2) is 34.9 Å². The molecule has 1 unspecified atom stereocenters. The largest absolute Gasteiger partial charge is 0.370 e. The van der Waals surface area contributed by atoms with E-state index in [0.717, 1.165) is 42.8 Å². The van der Waals surface area contributed by atoms with Gasteiger partial charge >= 0.3 is 0 Å². The number of nitrogens with zero attached hydrogens (tertiary/aromatic N) is 7. The molecular formula is C19H27IN8OS. The lowest BCUT2D eigenvalue weighted by Gasteiger charge is -2.34. The third-order valence-electron chi connectivity index (χ3n) is 5.02. The lowest BCUT2D eigenvalue weighted by atomic mass is 10.1. The topological polar surface area (TPSA) is 85.4 Å². The molecule has 1 aliphatic heterocycles. The fourth-order valence-corrected chi connectivity index (χ4v) is 3.88. The van der Waals surface area contributed by atoms with Crippen LogP contribution in [-0.2, 0) is 31.9 Å². The number of halogens is 1. The summed E-state index contributed by atoms with van der Waals surface area (Å²) in [5.41, 5.74) is 1.08. The standard InChI is InChI=1S/C19H26N8OS.HI/c1-14-23-24-18(26(14)3)11-21-19(20-10-16-5-4-8-29-16)27-6-7-28-17(13-27)15-9-22-25(2)12-15;/h4-5,8-9,12,17H,6-7,10-11,13H2,1-3H3,(H,20,21);1H. The molecule has 4 rings (SSSR count). The molecule has 0 amide bonds. The maximum atomic E-state index is 5.99. The zero-order chi connectivity index (χ0) is 20.2. The van der Waals surface area contributed by atoms with Crippen molar-refractivity contribution in [2.45, 2.75) is 26.1 Å². The minimum atomic E-state index is -0.0248. The lowest BCUT2D eigenvalue weighted by molar-refractivity contribution is -0.00811. The van der Waals surface area contributed by atoms with Gasteiger partial charge in [-0.15, -0.1) is 45.5 Å². The minimum absolute atomic E-state index is 0. The van der Waals surface area contributed by atoms with E-state index in [1.165, 1.54) is 4.88 Å². The van der Waals surface area contributed by atoms with E-state index < -0.39 is 0 Å². The van der Waals surface area contributed by atoms with Crippen LogP contribution in [0.5, 0.6) is 0 Å². The van der Waals surface area contributed by atoms with Gasteiger partial charge in [0.15, 0.2) is 11.8 Å². The number of aryl methyl sites for hydroxylation is 2. The molecule has 9 nitrogen and oxygen atoms in total. The van der Waals surface area contributed by atoms with Crippen LogP contribution in [0.4, 0.5) is 0 Å². The minimum Gasteiger partial charge on any atom is -0.370 e. The number of rotatable bonds is 5. The van der Waals surface area contributed by atoms with Crippen molar-refractivity contribution in [3.63, 3.8) is 0 Å². The number of aromatic nitrogens is 5. The highest BCUT2D eigenvalue weighted by atomic mass is 127. The Morgan fingerprint density at radius 1 is 1.37 bits per heavy atom. The Bertz CT molecular complexity index is 967. The third kappa shape index (κ3) is 5.38. The number of ether oxygens (including phenoxy) is 1. The predicted molar refractivity (Wildman–Crippen MR) is 127 cm³/mol. The molecule has 1 fully saturated rings. The Kier molecular flexibility index (Phi) is 7.83. The van der Waals surface area contributed by atoms with Gasteiger partial charge in [-0.1, -0.05) is 6.07 Å². The van der Waals surface area contributed by atoms with Gasteiger partial charge in [0.1, 0.15) is 18.5 Å². The highest BCUT2D eigenvalue weighted by Crippen LogP contribution is 2.22. The van der Waals surface area contributed by atoms with E-state index in [-0.39, 0.29) is 30.1 Å². The highest BCUT2D eigenvalue weighted by molar-refractivity contribution is 14.0. The number of hydrogen-bond donors (Lipinski definition) is 1. The van der Waals surface area contributed by atoms with Crippen LogP contribution >= 0.6 is 35.3 Å². The van der Waals surface area contributed by atoms with Crippen LogP contribution in [0.25, 0.3) is 0 Å². The quantitative estimate of drug-likeness (QED) is 0.303. The van der Waals surface area contributed by atoms with Crippen LogP contribution in [0, 0.1) is 6.92 Å². The number of hydrogen-bond acceptors (Lipinski definition) is 6. The summed E-state index contributed by atoms with van der Waals surface area (Å²) >= 11 is 1.73. The first-order valence-electron chi connectivity index (χ1n) is 9.61. The second-order valence-electron chi connectivity index (χ2n) is 7.05. The average molecular weight is 542 g/mol. The molecule has 3 aromatic heterocycles. The Balaban J connectivity index is 0.00000256. The van der Waals surface area contributed by atoms with Crippen molar-refractivity contribution in [2.24, 2.45) is 19.1 Å². The van der Waals surface area contributed by atoms with Gasteiger partial charge in [-0.25, -0.2) is 4.99 Å². The van der Waals surface area contributed by atoms with Crippen LogP contribution in [0.2, 0.25) is 0 Å². The first-order chi connectivity index (χ1) is 14.1. The second-order valence-corrected chi connectivity index (χ2v) is 8.08. The molecule has 1 atom stereocenters. The number of aliphatic imine (C=N–C) groups is 1. The van der Waals surface area contributed by atoms with Crippen molar-refractivity contribution in [2.75, 3.05) is 19.7 Å². The summed E-state index contributed by atoms with van der Waals surface area (Å²) in [4.78, 5) is 8.38. The molecule has 0 aromatic carbocycles. The summed E-state index contributed by atoms with van der Waals surface area (Å²) < 4.78 is 9.77. The number of nitrogens with one attached hydrogen (secondary N) is 1. The fraction of sp³-hybridized carbons (Fsp3) is 0.474. The molecule has 0 aliphatic carbocycles. The van der Waals surface area contributed by atoms with Crippen LogP contribution < -0.4 is 5.32 Å². The van der Waals surface area contributed by atoms with E-state index in [2.05, 4.69) is 43.0 Å². The Hall–Kier alpha value is -1.99. The first kappa shape index (κ1) is 22.7. The first-order valence-corrected chi connectivity index (χ1v) is 10.5. The lowest BCUT2D eigenvalue weighted by Crippen LogP contribution is -2.48. The maximum absolute atomic E-state index is 5.99. The molecular weight excluding hydrogens is 515 g/mol. The van der Waals surface area contributed by atoms with Crippen molar-refractivity contribution in [3.05, 3.63) is 52.0 Å². The number of thiophene rings is 1. The van der Waals surface area contributed by atoms with Crippen molar-refractivity contribution in [3.8, 4) is 0 Å². The molecule has 0 spiro atoms. The predicted octanol–water partition coefficient (Wildman–Crippen LogP) is 2.26. The molecule has 4 heterocycles. The third-order valence-corrected chi connectivity index (χ3v) is 5.89. The summed E-state index contributed by atoms with van der Waals surface area (Å²) in [5.74, 6) is 2.58. The maximum Gasteiger partial charge on any atom is 0.194 e. The van der Waals surface area contributed by atoms with Crippen LogP contribution in [0.1, 0.15) is 28.2 Å². The van der Waals surface area contributed by atoms with E-state index in [0.29, 0.717) is 13.2 Å². The fourth-order valence-electron chi connectivity index (χ4n) is 3.23. The molecule has 0 saturated carbocycles. The van der Waals surface area contributed by atoms with Gasteiger partial charge in [-0.3, -0.25) is 4.68 Å². The smallest absolute Gasteiger partial charge is 0.194 e. The van der Waals surface area contributed by atoms with Gasteiger partial charge in [-0.2, -0.15) is 5.10 Å². The number of morpholine rings is 1. The second kappa shape index (κ2) is 10.4. The van der Waals surface area contributed by atoms with Crippen molar-refractivity contribution in [1.29, 1.82) is 0 Å². The average Bonchev–Trinajstić information content (AvgIpc) is 3.47. The van der Waals surface area contributed by atoms with E-state index in [1.807, 2.05) is 38.0 Å². The molecule has 0 bridgehead atoms. The van der Waals surface area contributed by atoms with Gasteiger partial charge in [0.2, 0.25) is 0 Å². The molecule has 30 heavy (non-hydrogen) atoms. The molecule has 0 radical (unpaired) electrons. The van der Waals surface area contributed by atoms with Crippen molar-refractivity contribution >= 4 is 41.3 Å².